The van der Waals surface area contributed by atoms with Gasteiger partial charge in [-0.15, -0.1) is 0 Å². The van der Waals surface area contributed by atoms with Crippen molar-refractivity contribution in [1.82, 2.24) is 34.7 Å². The van der Waals surface area contributed by atoms with Crippen molar-refractivity contribution in [2.75, 3.05) is 38.0 Å². The number of pyridine rings is 1. The molecule has 39 heavy (non-hydrogen) atoms. The largest absolute Gasteiger partial charge is 0.370 e. The zero-order valence-corrected chi connectivity index (χ0v) is 22.1. The highest BCUT2D eigenvalue weighted by Crippen LogP contribution is 2.31. The first-order valence-corrected chi connectivity index (χ1v) is 14.2. The van der Waals surface area contributed by atoms with Crippen LogP contribution in [0.15, 0.2) is 48.9 Å². The number of fused-ring (bicyclic) bond motifs is 1. The normalized spacial score (nSPS) is 18.0. The lowest BCUT2D eigenvalue weighted by Gasteiger charge is -2.35. The van der Waals surface area contributed by atoms with Crippen molar-refractivity contribution >= 4 is 22.8 Å². The maximum absolute atomic E-state index is 12.3. The van der Waals surface area contributed by atoms with Gasteiger partial charge in [0, 0.05) is 75.1 Å². The average molecular weight is 523 g/mol. The SMILES string of the molecule is O=C(C1CC1)N1CCN(Cc2ccnc(Cc3nc4ccc(-c5cc(NCC6CC6)ncn5)cc4[nH]3)c2)CC1. The van der Waals surface area contributed by atoms with E-state index in [0.717, 1.165) is 97.7 Å². The number of H-pyrrole nitrogens is 1. The number of aromatic nitrogens is 5. The van der Waals surface area contributed by atoms with Crippen molar-refractivity contribution in [3.63, 3.8) is 0 Å². The van der Waals surface area contributed by atoms with Crippen LogP contribution in [0, 0.1) is 11.8 Å². The molecule has 1 aromatic carbocycles. The van der Waals surface area contributed by atoms with E-state index in [4.69, 9.17) is 4.98 Å². The quantitative estimate of drug-likeness (QED) is 0.344. The number of amides is 1. The van der Waals surface area contributed by atoms with Crippen LogP contribution >= 0.6 is 0 Å². The zero-order valence-electron chi connectivity index (χ0n) is 22.1. The van der Waals surface area contributed by atoms with E-state index >= 15 is 0 Å². The van der Waals surface area contributed by atoms with E-state index in [2.05, 4.69) is 59.3 Å². The molecule has 0 unspecified atom stereocenters. The van der Waals surface area contributed by atoms with Gasteiger partial charge in [-0.05, 0) is 61.4 Å². The molecule has 1 aliphatic heterocycles. The van der Waals surface area contributed by atoms with Gasteiger partial charge in [0.25, 0.3) is 0 Å². The maximum Gasteiger partial charge on any atom is 0.225 e. The van der Waals surface area contributed by atoms with Gasteiger partial charge in [0.1, 0.15) is 18.0 Å². The highest BCUT2D eigenvalue weighted by molar-refractivity contribution is 5.82. The Labute approximate surface area is 228 Å². The number of carbonyl (C=O) groups excluding carboxylic acids is 1. The van der Waals surface area contributed by atoms with Crippen LogP contribution in [-0.4, -0.2) is 73.4 Å². The van der Waals surface area contributed by atoms with E-state index in [1.165, 1.54) is 18.4 Å². The Morgan fingerprint density at radius 2 is 1.85 bits per heavy atom. The molecular formula is C30H34N8O. The molecular weight excluding hydrogens is 488 g/mol. The summed E-state index contributed by atoms with van der Waals surface area (Å²) < 4.78 is 0. The lowest BCUT2D eigenvalue weighted by atomic mass is 10.1. The van der Waals surface area contributed by atoms with E-state index < -0.39 is 0 Å². The van der Waals surface area contributed by atoms with E-state index in [0.29, 0.717) is 18.2 Å². The summed E-state index contributed by atoms with van der Waals surface area (Å²) in [6.07, 6.45) is 8.93. The summed E-state index contributed by atoms with van der Waals surface area (Å²) in [6, 6.07) is 12.5. The van der Waals surface area contributed by atoms with Crippen molar-refractivity contribution in [2.24, 2.45) is 11.8 Å². The molecule has 1 amide bonds. The van der Waals surface area contributed by atoms with Crippen LogP contribution in [0.1, 0.15) is 42.8 Å². The van der Waals surface area contributed by atoms with Gasteiger partial charge in [0.05, 0.1) is 16.7 Å². The number of nitrogens with one attached hydrogen (secondary N) is 2. The second kappa shape index (κ2) is 10.4. The summed E-state index contributed by atoms with van der Waals surface area (Å²) in [5.74, 6) is 3.23. The fourth-order valence-electron chi connectivity index (χ4n) is 5.36. The van der Waals surface area contributed by atoms with Gasteiger partial charge in [-0.3, -0.25) is 14.7 Å². The predicted octanol–water partition coefficient (Wildman–Crippen LogP) is 3.88. The van der Waals surface area contributed by atoms with Crippen molar-refractivity contribution in [1.29, 1.82) is 0 Å². The molecule has 4 heterocycles. The Bertz CT molecular complexity index is 1480. The summed E-state index contributed by atoms with van der Waals surface area (Å²) in [5.41, 5.74) is 6.10. The number of aromatic amines is 1. The van der Waals surface area contributed by atoms with E-state index in [1.54, 1.807) is 6.33 Å². The van der Waals surface area contributed by atoms with Crippen molar-refractivity contribution in [2.45, 2.75) is 38.6 Å². The second-order valence-corrected chi connectivity index (χ2v) is 11.2. The fourth-order valence-corrected chi connectivity index (χ4v) is 5.36. The van der Waals surface area contributed by atoms with Gasteiger partial charge < -0.3 is 15.2 Å². The minimum Gasteiger partial charge on any atom is -0.370 e. The maximum atomic E-state index is 12.3. The number of benzene rings is 1. The number of hydrogen-bond acceptors (Lipinski definition) is 7. The molecule has 3 fully saturated rings. The molecule has 9 heteroatoms. The number of rotatable bonds is 9. The van der Waals surface area contributed by atoms with Crippen LogP contribution in [0.2, 0.25) is 0 Å². The highest BCUT2D eigenvalue weighted by Gasteiger charge is 2.34. The molecule has 0 radical (unpaired) electrons. The predicted molar refractivity (Wildman–Crippen MR) is 150 cm³/mol. The molecule has 0 spiro atoms. The third-order valence-electron chi connectivity index (χ3n) is 8.01. The lowest BCUT2D eigenvalue weighted by molar-refractivity contribution is -0.134. The third kappa shape index (κ3) is 5.78. The fraction of sp³-hybridized carbons (Fsp3) is 0.433. The minimum absolute atomic E-state index is 0.309. The number of nitrogens with zero attached hydrogens (tertiary/aromatic N) is 6. The zero-order chi connectivity index (χ0) is 26.2. The average Bonchev–Trinajstić information content (AvgIpc) is 3.90. The van der Waals surface area contributed by atoms with Crippen LogP contribution in [-0.2, 0) is 17.8 Å². The monoisotopic (exact) mass is 522 g/mol. The Kier molecular flexibility index (Phi) is 6.44. The summed E-state index contributed by atoms with van der Waals surface area (Å²) in [7, 11) is 0. The molecule has 0 atom stereocenters. The van der Waals surface area contributed by atoms with Gasteiger partial charge >= 0.3 is 0 Å². The first kappa shape index (κ1) is 24.2. The van der Waals surface area contributed by atoms with Gasteiger partial charge in [-0.1, -0.05) is 6.07 Å². The van der Waals surface area contributed by atoms with Gasteiger partial charge in [-0.2, -0.15) is 0 Å². The number of hydrogen-bond donors (Lipinski definition) is 2. The number of carbonyl (C=O) groups is 1. The summed E-state index contributed by atoms with van der Waals surface area (Å²) in [5, 5.41) is 3.43. The molecule has 9 nitrogen and oxygen atoms in total. The van der Waals surface area contributed by atoms with E-state index in [-0.39, 0.29) is 0 Å². The molecule has 2 saturated carbocycles. The minimum atomic E-state index is 0.309. The topological polar surface area (TPSA) is 103 Å². The Morgan fingerprint density at radius 3 is 2.67 bits per heavy atom. The molecule has 3 aliphatic rings. The standard InChI is InChI=1S/C30H34N8O/c39-30(22-3-4-22)38-11-9-37(10-12-38)18-21-7-8-31-24(13-21)15-29-35-25-6-5-23(14-27(25)36-29)26-16-28(34-19-33-26)32-17-20-1-2-20/h5-8,13-14,16,19-20,22H,1-4,9-12,15,17-18H2,(H,35,36)(H,32,33,34). The lowest BCUT2D eigenvalue weighted by Crippen LogP contribution is -2.48. The third-order valence-corrected chi connectivity index (χ3v) is 8.01. The van der Waals surface area contributed by atoms with Crippen molar-refractivity contribution in [3.8, 4) is 11.3 Å². The smallest absolute Gasteiger partial charge is 0.225 e. The van der Waals surface area contributed by atoms with E-state index in [1.807, 2.05) is 18.3 Å². The van der Waals surface area contributed by atoms with E-state index in [9.17, 15) is 4.79 Å². The molecule has 1 saturated heterocycles. The first-order valence-electron chi connectivity index (χ1n) is 14.2. The molecule has 2 aliphatic carbocycles. The van der Waals surface area contributed by atoms with Crippen LogP contribution in [0.4, 0.5) is 5.82 Å². The Hall–Kier alpha value is -3.85. The molecule has 4 aromatic rings. The van der Waals surface area contributed by atoms with Crippen molar-refractivity contribution in [3.05, 3.63) is 66.0 Å². The van der Waals surface area contributed by atoms with Crippen LogP contribution in [0.5, 0.6) is 0 Å². The van der Waals surface area contributed by atoms with Crippen LogP contribution in [0.3, 0.4) is 0 Å². The summed E-state index contributed by atoms with van der Waals surface area (Å²) >= 11 is 0. The summed E-state index contributed by atoms with van der Waals surface area (Å²) in [6.45, 7) is 5.37. The van der Waals surface area contributed by atoms with Gasteiger partial charge in [0.2, 0.25) is 5.91 Å². The molecule has 200 valence electrons. The molecule has 7 rings (SSSR count). The molecule has 0 bridgehead atoms. The van der Waals surface area contributed by atoms with Gasteiger partial charge in [-0.25, -0.2) is 15.0 Å². The number of piperazine rings is 1. The highest BCUT2D eigenvalue weighted by atomic mass is 16.2. The Morgan fingerprint density at radius 1 is 0.974 bits per heavy atom. The molecule has 3 aromatic heterocycles. The Balaban J connectivity index is 0.995. The van der Waals surface area contributed by atoms with Crippen LogP contribution < -0.4 is 5.32 Å². The number of anilines is 1. The van der Waals surface area contributed by atoms with Crippen molar-refractivity contribution < 1.29 is 4.79 Å². The van der Waals surface area contributed by atoms with Crippen LogP contribution in [0.25, 0.3) is 22.3 Å². The molecule has 2 N–H and O–H groups in total. The first-order chi connectivity index (χ1) is 19.2. The summed E-state index contributed by atoms with van der Waals surface area (Å²) in [4.78, 5) is 38.6. The van der Waals surface area contributed by atoms with Gasteiger partial charge in [0.15, 0.2) is 0 Å². The second-order valence-electron chi connectivity index (χ2n) is 11.2. The number of imidazole rings is 1.